The summed E-state index contributed by atoms with van der Waals surface area (Å²) in [5.74, 6) is -4.96. The predicted molar refractivity (Wildman–Crippen MR) is 243 cm³/mol. The molecule has 1 heterocycles. The van der Waals surface area contributed by atoms with Crippen LogP contribution in [0.3, 0.4) is 0 Å². The highest BCUT2D eigenvalue weighted by Gasteiger charge is 2.68. The highest BCUT2D eigenvalue weighted by molar-refractivity contribution is 6.47. The first-order valence-electron chi connectivity index (χ1n) is 22.3. The number of amides is 7. The molecule has 4 aliphatic rings. The van der Waals surface area contributed by atoms with E-state index in [9.17, 15) is 38.7 Å². The fourth-order valence-corrected chi connectivity index (χ4v) is 9.24. The monoisotopic (exact) mass is 922 g/mol. The maximum Gasteiger partial charge on any atom is 0.481 e. The minimum Gasteiger partial charge on any atom is -0.404 e. The van der Waals surface area contributed by atoms with Crippen LogP contribution in [0.4, 0.5) is 0 Å². The van der Waals surface area contributed by atoms with Crippen molar-refractivity contribution < 1.29 is 48.0 Å². The lowest BCUT2D eigenvalue weighted by Crippen LogP contribution is -2.65. The van der Waals surface area contributed by atoms with Crippen molar-refractivity contribution in [3.8, 4) is 11.1 Å². The van der Waals surface area contributed by atoms with Gasteiger partial charge < -0.3 is 57.8 Å². The van der Waals surface area contributed by atoms with E-state index in [0.717, 1.165) is 24.0 Å². The second kappa shape index (κ2) is 21.9. The van der Waals surface area contributed by atoms with Gasteiger partial charge in [0.25, 0.3) is 5.91 Å². The number of hydrogen-bond acceptors (Lipinski definition) is 11. The number of nitrogens with two attached hydrogens (primary N) is 2. The van der Waals surface area contributed by atoms with E-state index in [2.05, 4.69) is 45.7 Å². The lowest BCUT2D eigenvalue weighted by Gasteiger charge is -2.64. The Kier molecular flexibility index (Phi) is 17.2. The van der Waals surface area contributed by atoms with Crippen LogP contribution in [0.15, 0.2) is 48.5 Å². The fourth-order valence-electron chi connectivity index (χ4n) is 9.12. The molecular weight excluding hydrogens is 859 g/mol. The molecule has 11 N–H and O–H groups in total. The summed E-state index contributed by atoms with van der Waals surface area (Å²) in [6.07, 6.45) is 0.715. The van der Waals surface area contributed by atoms with Gasteiger partial charge in [-0.1, -0.05) is 49.7 Å². The first-order chi connectivity index (χ1) is 30.6. The standard InChI is InChI=1S/C45H64BClN8O10/c1-24(39(59)54-33(23-36(49)57)42(62)52-26(3)46-64-35-22-30-21-34(44(30,4)5)45(35,6)65-46)51-43(63)38(25(2)56)55-41(61)32(9-7-8-19-48)53-37(58)18-20-50-40(60)29-12-10-27(11-13-29)28-14-16-31(47)17-15-28/h10-17,24-26,30,32-35,38,56H,7-9,18-23,48H2,1-6H3,(H2,49,57)(H,50,60)(H,51,63)(H,52,62)(H,53,58)(H,54,59)(H,55,61)/t24-,25+,26-,30-,32-,33-,34-,35?,38-,45-/m0/s1. The smallest absolute Gasteiger partial charge is 0.404 e. The Morgan fingerprint density at radius 1 is 0.815 bits per heavy atom. The number of aliphatic hydroxyl groups excluding tert-OH is 1. The zero-order valence-corrected chi connectivity index (χ0v) is 38.7. The molecule has 0 aromatic heterocycles. The van der Waals surface area contributed by atoms with Crippen LogP contribution in [0.2, 0.25) is 5.02 Å². The van der Waals surface area contributed by atoms with Gasteiger partial charge in [0.2, 0.25) is 35.4 Å². The molecule has 4 fully saturated rings. The number of benzene rings is 2. The Labute approximate surface area is 385 Å². The number of unbranched alkanes of at least 4 members (excludes halogenated alkanes) is 1. The van der Waals surface area contributed by atoms with E-state index in [4.69, 9.17) is 32.4 Å². The number of rotatable bonds is 22. The molecule has 354 valence electrons. The molecular formula is C45H64BClN8O10. The molecule has 3 saturated carbocycles. The van der Waals surface area contributed by atoms with Crippen LogP contribution < -0.4 is 43.4 Å². The van der Waals surface area contributed by atoms with Crippen LogP contribution in [0, 0.1) is 17.3 Å². The molecule has 20 heteroatoms. The molecule has 6 rings (SSSR count). The summed E-state index contributed by atoms with van der Waals surface area (Å²) in [4.78, 5) is 91.7. The molecule has 2 aromatic carbocycles. The van der Waals surface area contributed by atoms with Crippen molar-refractivity contribution in [1.82, 2.24) is 31.9 Å². The molecule has 1 unspecified atom stereocenters. The highest BCUT2D eigenvalue weighted by atomic mass is 35.5. The van der Waals surface area contributed by atoms with Gasteiger partial charge in [-0.15, -0.1) is 0 Å². The maximum absolute atomic E-state index is 13.6. The molecule has 10 atom stereocenters. The normalized spacial score (nSPS) is 23.2. The number of halogens is 1. The van der Waals surface area contributed by atoms with Crippen LogP contribution in [-0.4, -0.2) is 115 Å². The van der Waals surface area contributed by atoms with Gasteiger partial charge in [-0.25, -0.2) is 0 Å². The molecule has 0 radical (unpaired) electrons. The molecule has 1 saturated heterocycles. The van der Waals surface area contributed by atoms with E-state index in [-0.39, 0.29) is 30.9 Å². The van der Waals surface area contributed by atoms with Gasteiger partial charge in [0.15, 0.2) is 0 Å². The fraction of sp³-hybridized carbons (Fsp3) is 0.578. The summed E-state index contributed by atoms with van der Waals surface area (Å²) in [5, 5.41) is 26.7. The summed E-state index contributed by atoms with van der Waals surface area (Å²) < 4.78 is 12.7. The van der Waals surface area contributed by atoms with Gasteiger partial charge in [0, 0.05) is 23.6 Å². The summed E-state index contributed by atoms with van der Waals surface area (Å²) in [7, 11) is -0.766. The van der Waals surface area contributed by atoms with Crippen molar-refractivity contribution in [2.45, 2.75) is 134 Å². The van der Waals surface area contributed by atoms with E-state index in [1.54, 1.807) is 43.3 Å². The van der Waals surface area contributed by atoms with Crippen LogP contribution in [0.1, 0.15) is 96.8 Å². The summed E-state index contributed by atoms with van der Waals surface area (Å²) >= 11 is 5.98. The Balaban J connectivity index is 1.11. The Bertz CT molecular complexity index is 2060. The first kappa shape index (κ1) is 50.9. The minimum atomic E-state index is -1.57. The van der Waals surface area contributed by atoms with Gasteiger partial charge in [-0.05, 0) is 119 Å². The number of carbonyl (C=O) groups is 7. The number of primary amides is 1. The van der Waals surface area contributed by atoms with E-state index in [1.807, 2.05) is 19.1 Å². The lowest BCUT2D eigenvalue weighted by atomic mass is 9.43. The third kappa shape index (κ3) is 12.6. The Hall–Kier alpha value is -5.08. The van der Waals surface area contributed by atoms with Gasteiger partial charge in [-0.2, -0.15) is 0 Å². The lowest BCUT2D eigenvalue weighted by molar-refractivity contribution is -0.199. The molecule has 3 aliphatic carbocycles. The number of aliphatic hydroxyl groups is 1. The van der Waals surface area contributed by atoms with Crippen LogP contribution in [0.25, 0.3) is 11.1 Å². The summed E-state index contributed by atoms with van der Waals surface area (Å²) in [6.45, 7) is 11.1. The van der Waals surface area contributed by atoms with Crippen molar-refractivity contribution in [3.05, 3.63) is 59.1 Å². The second-order valence-corrected chi connectivity index (χ2v) is 18.8. The topological polar surface area (TPSA) is 282 Å². The predicted octanol–water partition coefficient (Wildman–Crippen LogP) is 1.24. The van der Waals surface area contributed by atoms with Gasteiger partial charge in [-0.3, -0.25) is 33.6 Å². The van der Waals surface area contributed by atoms with Gasteiger partial charge in [0.05, 0.1) is 30.2 Å². The molecule has 2 bridgehead atoms. The largest absolute Gasteiger partial charge is 0.481 e. The molecule has 65 heavy (non-hydrogen) atoms. The molecule has 0 spiro atoms. The highest BCUT2D eigenvalue weighted by Crippen LogP contribution is 2.65. The average Bonchev–Trinajstić information content (AvgIpc) is 3.62. The van der Waals surface area contributed by atoms with Crippen molar-refractivity contribution in [2.75, 3.05) is 13.1 Å². The first-order valence-corrected chi connectivity index (χ1v) is 22.7. The SMILES string of the molecule is C[C@H](NC(=O)[C@H](CC(N)=O)NC(=O)[C@H](C)NC(=O)[C@@H](NC(=O)[C@H](CCCCN)NC(=O)CCNC(=O)c1ccc(-c2ccc(Cl)cc2)cc1)[C@@H](C)O)B1OC2C[C@@H]3C[C@@H](C3(C)C)[C@]2(C)O1. The number of hydrogen-bond donors (Lipinski definition) is 9. The van der Waals surface area contributed by atoms with Crippen molar-refractivity contribution in [2.24, 2.45) is 28.7 Å². The quantitative estimate of drug-likeness (QED) is 0.0599. The minimum absolute atomic E-state index is 0.0387. The maximum atomic E-state index is 13.6. The average molecular weight is 923 g/mol. The number of nitrogens with one attached hydrogen (secondary N) is 6. The molecule has 2 aromatic rings. The zero-order valence-electron chi connectivity index (χ0n) is 37.9. The summed E-state index contributed by atoms with van der Waals surface area (Å²) in [5.41, 5.74) is 12.9. The van der Waals surface area contributed by atoms with Gasteiger partial charge >= 0.3 is 7.12 Å². The summed E-state index contributed by atoms with van der Waals surface area (Å²) in [6, 6.07) is 8.74. The third-order valence-electron chi connectivity index (χ3n) is 13.2. The molecule has 18 nitrogen and oxygen atoms in total. The van der Waals surface area contributed by atoms with Crippen LogP contribution >= 0.6 is 11.6 Å². The van der Waals surface area contributed by atoms with Crippen molar-refractivity contribution in [3.63, 3.8) is 0 Å². The zero-order chi connectivity index (χ0) is 47.8. The van der Waals surface area contributed by atoms with E-state index >= 15 is 0 Å². The van der Waals surface area contributed by atoms with E-state index < -0.39 is 96.7 Å². The van der Waals surface area contributed by atoms with Gasteiger partial charge in [0.1, 0.15) is 24.2 Å². The molecule has 1 aliphatic heterocycles. The van der Waals surface area contributed by atoms with Crippen LogP contribution in [-0.2, 0) is 38.1 Å². The number of carbonyl (C=O) groups excluding carboxylic acids is 7. The van der Waals surface area contributed by atoms with E-state index in [0.29, 0.717) is 41.8 Å². The Morgan fingerprint density at radius 2 is 1.45 bits per heavy atom. The molecule has 7 amide bonds. The van der Waals surface area contributed by atoms with Crippen LogP contribution in [0.5, 0.6) is 0 Å². The Morgan fingerprint density at radius 3 is 2.05 bits per heavy atom. The second-order valence-electron chi connectivity index (χ2n) is 18.3. The van der Waals surface area contributed by atoms with E-state index in [1.165, 1.54) is 13.8 Å². The van der Waals surface area contributed by atoms with Crippen molar-refractivity contribution >= 4 is 60.1 Å². The van der Waals surface area contributed by atoms with Crippen molar-refractivity contribution in [1.29, 1.82) is 0 Å². The third-order valence-corrected chi connectivity index (χ3v) is 13.4.